The Labute approximate surface area is 129 Å². The zero-order valence-electron chi connectivity index (χ0n) is 12.8. The van der Waals surface area contributed by atoms with Crippen LogP contribution in [0.25, 0.3) is 0 Å². The Kier molecular flexibility index (Phi) is 4.17. The highest BCUT2D eigenvalue weighted by Crippen LogP contribution is 2.31. The number of benzene rings is 1. The molecule has 2 aliphatic heterocycles. The van der Waals surface area contributed by atoms with Crippen LogP contribution in [-0.4, -0.2) is 41.9 Å². The van der Waals surface area contributed by atoms with E-state index < -0.39 is 12.0 Å². The lowest BCUT2D eigenvalue weighted by Gasteiger charge is -2.27. The molecule has 0 aromatic heterocycles. The summed E-state index contributed by atoms with van der Waals surface area (Å²) in [7, 11) is 0. The largest absolute Gasteiger partial charge is 0.338 e. The van der Waals surface area contributed by atoms with E-state index in [2.05, 4.69) is 17.4 Å². The minimum Gasteiger partial charge on any atom is -0.338 e. The molecule has 1 N–H and O–H groups in total. The van der Waals surface area contributed by atoms with Crippen molar-refractivity contribution >= 4 is 5.91 Å². The molecule has 1 aromatic rings. The summed E-state index contributed by atoms with van der Waals surface area (Å²) in [6, 6.07) is 9.58. The molecule has 1 amide bonds. The number of nitrogens with zero attached hydrogens (tertiary/aromatic N) is 1. The van der Waals surface area contributed by atoms with E-state index in [-0.39, 0.29) is 24.9 Å². The molecule has 0 saturated carbocycles. The normalized spacial score (nSPS) is 30.7. The number of carbonyl (C=O) groups is 1. The number of nitrogens with one attached hydrogen (secondary N) is 1. The third-order valence-corrected chi connectivity index (χ3v) is 4.95. The number of hydrogen-bond acceptors (Lipinski definition) is 2. The topological polar surface area (TPSA) is 32.3 Å². The Bertz CT molecular complexity index is 535. The third-order valence-electron chi connectivity index (χ3n) is 4.95. The van der Waals surface area contributed by atoms with Crippen molar-refractivity contribution in [2.24, 2.45) is 5.92 Å². The summed E-state index contributed by atoms with van der Waals surface area (Å²) < 4.78 is 26.5. The van der Waals surface area contributed by atoms with Gasteiger partial charge in [0.15, 0.2) is 0 Å². The van der Waals surface area contributed by atoms with Gasteiger partial charge in [0.05, 0.1) is 12.6 Å². The van der Waals surface area contributed by atoms with Crippen molar-refractivity contribution < 1.29 is 13.6 Å². The molecular weight excluding hydrogens is 286 g/mol. The number of likely N-dealkylation sites (tertiary alicyclic amines) is 1. The number of amides is 1. The molecule has 2 saturated heterocycles. The van der Waals surface area contributed by atoms with Gasteiger partial charge in [0.25, 0.3) is 5.92 Å². The first-order chi connectivity index (χ1) is 10.5. The van der Waals surface area contributed by atoms with Gasteiger partial charge in [0, 0.05) is 19.0 Å². The van der Waals surface area contributed by atoms with E-state index in [9.17, 15) is 13.6 Å². The molecule has 2 fully saturated rings. The Hall–Kier alpha value is -1.49. The summed E-state index contributed by atoms with van der Waals surface area (Å²) >= 11 is 0. The number of rotatable bonds is 3. The molecule has 0 spiro atoms. The van der Waals surface area contributed by atoms with Crippen molar-refractivity contribution in [1.29, 1.82) is 0 Å². The second kappa shape index (κ2) is 5.95. The van der Waals surface area contributed by atoms with Crippen LogP contribution in [0.3, 0.4) is 0 Å². The minimum atomic E-state index is -2.76. The van der Waals surface area contributed by atoms with Crippen LogP contribution >= 0.6 is 0 Å². The van der Waals surface area contributed by atoms with Crippen LogP contribution in [0.15, 0.2) is 30.3 Å². The number of alkyl halides is 2. The highest BCUT2D eigenvalue weighted by molar-refractivity contribution is 5.83. The average Bonchev–Trinajstić information content (AvgIpc) is 3.03. The molecule has 0 bridgehead atoms. The molecule has 22 heavy (non-hydrogen) atoms. The van der Waals surface area contributed by atoms with E-state index in [4.69, 9.17) is 0 Å². The Morgan fingerprint density at radius 3 is 2.73 bits per heavy atom. The van der Waals surface area contributed by atoms with Crippen LogP contribution in [0.2, 0.25) is 0 Å². The molecule has 1 aromatic carbocycles. The second-order valence-electron chi connectivity index (χ2n) is 6.50. The van der Waals surface area contributed by atoms with Crippen molar-refractivity contribution in [3.63, 3.8) is 0 Å². The van der Waals surface area contributed by atoms with Crippen molar-refractivity contribution in [3.05, 3.63) is 35.9 Å². The lowest BCUT2D eigenvalue weighted by molar-refractivity contribution is -0.134. The maximum Gasteiger partial charge on any atom is 0.262 e. The fourth-order valence-electron chi connectivity index (χ4n) is 3.59. The lowest BCUT2D eigenvalue weighted by Crippen LogP contribution is -2.46. The molecule has 3 rings (SSSR count). The van der Waals surface area contributed by atoms with Crippen LogP contribution in [0.5, 0.6) is 0 Å². The van der Waals surface area contributed by atoms with Crippen LogP contribution in [-0.2, 0) is 11.2 Å². The molecule has 0 radical (unpaired) electrons. The monoisotopic (exact) mass is 308 g/mol. The smallest absolute Gasteiger partial charge is 0.262 e. The summed E-state index contributed by atoms with van der Waals surface area (Å²) in [6.45, 7) is 2.31. The molecule has 120 valence electrons. The molecule has 3 atom stereocenters. The first-order valence-electron chi connectivity index (χ1n) is 7.92. The Balaban J connectivity index is 1.61. The molecule has 0 aliphatic carbocycles. The van der Waals surface area contributed by atoms with Crippen LogP contribution in [0.1, 0.15) is 25.3 Å². The van der Waals surface area contributed by atoms with Crippen molar-refractivity contribution in [3.8, 4) is 0 Å². The summed E-state index contributed by atoms with van der Waals surface area (Å²) in [5.41, 5.74) is 1.26. The van der Waals surface area contributed by atoms with Gasteiger partial charge >= 0.3 is 0 Å². The van der Waals surface area contributed by atoms with Crippen molar-refractivity contribution in [2.75, 3.05) is 13.1 Å². The van der Waals surface area contributed by atoms with Crippen LogP contribution < -0.4 is 5.32 Å². The summed E-state index contributed by atoms with van der Waals surface area (Å²) in [4.78, 5) is 14.3. The maximum absolute atomic E-state index is 13.3. The van der Waals surface area contributed by atoms with E-state index >= 15 is 0 Å². The van der Waals surface area contributed by atoms with Gasteiger partial charge < -0.3 is 4.90 Å². The van der Waals surface area contributed by atoms with Crippen LogP contribution in [0, 0.1) is 5.92 Å². The highest BCUT2D eigenvalue weighted by Gasteiger charge is 2.45. The van der Waals surface area contributed by atoms with Gasteiger partial charge in [-0.2, -0.15) is 0 Å². The Morgan fingerprint density at radius 2 is 2.09 bits per heavy atom. The summed E-state index contributed by atoms with van der Waals surface area (Å²) in [6.07, 6.45) is 1.49. The fraction of sp³-hybridized carbons (Fsp3) is 0.588. The zero-order chi connectivity index (χ0) is 15.7. The fourth-order valence-corrected chi connectivity index (χ4v) is 3.59. The number of carbonyl (C=O) groups excluding carboxylic acids is 1. The summed E-state index contributed by atoms with van der Waals surface area (Å²) in [5, 5.41) is 2.67. The molecular formula is C17H22F2N2O. The molecule has 3 nitrogen and oxygen atoms in total. The van der Waals surface area contributed by atoms with Crippen molar-refractivity contribution in [1.82, 2.24) is 10.2 Å². The van der Waals surface area contributed by atoms with E-state index in [0.29, 0.717) is 12.5 Å². The van der Waals surface area contributed by atoms with E-state index in [1.165, 1.54) is 5.56 Å². The van der Waals surface area contributed by atoms with Gasteiger partial charge in [-0.3, -0.25) is 10.1 Å². The minimum absolute atomic E-state index is 0.101. The predicted molar refractivity (Wildman–Crippen MR) is 80.8 cm³/mol. The first-order valence-corrected chi connectivity index (χ1v) is 7.92. The van der Waals surface area contributed by atoms with Gasteiger partial charge in [-0.25, -0.2) is 8.78 Å². The van der Waals surface area contributed by atoms with Gasteiger partial charge in [0.2, 0.25) is 5.91 Å². The van der Waals surface area contributed by atoms with Gasteiger partial charge in [0.1, 0.15) is 0 Å². The quantitative estimate of drug-likeness (QED) is 0.930. The second-order valence-corrected chi connectivity index (χ2v) is 6.50. The Morgan fingerprint density at radius 1 is 1.36 bits per heavy atom. The van der Waals surface area contributed by atoms with Crippen molar-refractivity contribution in [2.45, 2.75) is 44.2 Å². The molecule has 2 heterocycles. The summed E-state index contributed by atoms with van der Waals surface area (Å²) in [5.74, 6) is -2.53. The van der Waals surface area contributed by atoms with Gasteiger partial charge in [-0.15, -0.1) is 0 Å². The predicted octanol–water partition coefficient (Wildman–Crippen LogP) is 2.46. The number of hydrogen-bond donors (Lipinski definition) is 1. The van der Waals surface area contributed by atoms with Crippen LogP contribution in [0.4, 0.5) is 8.78 Å². The van der Waals surface area contributed by atoms with Gasteiger partial charge in [-0.05, 0) is 31.2 Å². The lowest BCUT2D eigenvalue weighted by atomic mass is 9.93. The molecule has 2 aliphatic rings. The maximum atomic E-state index is 13.3. The SMILES string of the molecule is CC1C(Cc2ccccc2)CCN1C(=O)C1CC(F)(F)CN1. The molecule has 5 heteroatoms. The first kappa shape index (κ1) is 15.4. The molecule has 3 unspecified atom stereocenters. The standard InChI is InChI=1S/C17H22F2N2O/c1-12-14(9-13-5-3-2-4-6-13)7-8-21(12)16(22)15-10-17(18,19)11-20-15/h2-6,12,14-15,20H,7-11H2,1H3. The van der Waals surface area contributed by atoms with Gasteiger partial charge in [-0.1, -0.05) is 30.3 Å². The van der Waals surface area contributed by atoms with E-state index in [1.807, 2.05) is 25.1 Å². The third kappa shape index (κ3) is 3.14. The highest BCUT2D eigenvalue weighted by atomic mass is 19.3. The van der Waals surface area contributed by atoms with E-state index in [1.54, 1.807) is 4.90 Å². The average molecular weight is 308 g/mol. The number of halogens is 2. The van der Waals surface area contributed by atoms with E-state index in [0.717, 1.165) is 12.8 Å². The zero-order valence-corrected chi connectivity index (χ0v) is 12.8.